The predicted molar refractivity (Wildman–Crippen MR) is 81.7 cm³/mol. The number of benzene rings is 1. The summed E-state index contributed by atoms with van der Waals surface area (Å²) in [6.07, 6.45) is 2.21. The van der Waals surface area contributed by atoms with Gasteiger partial charge in [0.05, 0.1) is 5.92 Å². The highest BCUT2D eigenvalue weighted by atomic mass is 16.3. The van der Waals surface area contributed by atoms with Gasteiger partial charge < -0.3 is 10.4 Å². The van der Waals surface area contributed by atoms with Gasteiger partial charge in [-0.2, -0.15) is 0 Å². The Hall–Kier alpha value is -1.39. The molecule has 4 nitrogen and oxygen atoms in total. The molecule has 1 saturated carbocycles. The Morgan fingerprint density at radius 2 is 2.05 bits per heavy atom. The van der Waals surface area contributed by atoms with Crippen LogP contribution in [0.25, 0.3) is 0 Å². The largest absolute Gasteiger partial charge is 0.396 e. The number of carbonyl (C=O) groups is 1. The van der Waals surface area contributed by atoms with Crippen molar-refractivity contribution >= 4 is 5.91 Å². The molecule has 1 heterocycles. The molecule has 0 radical (unpaired) electrons. The van der Waals surface area contributed by atoms with Gasteiger partial charge >= 0.3 is 0 Å². The van der Waals surface area contributed by atoms with Gasteiger partial charge in [-0.3, -0.25) is 9.69 Å². The summed E-state index contributed by atoms with van der Waals surface area (Å²) in [6.45, 7) is 3.78. The fraction of sp³-hybridized carbons (Fsp3) is 0.588. The van der Waals surface area contributed by atoms with E-state index in [1.54, 1.807) is 0 Å². The zero-order chi connectivity index (χ0) is 14.8. The van der Waals surface area contributed by atoms with Gasteiger partial charge in [-0.05, 0) is 25.3 Å². The van der Waals surface area contributed by atoms with E-state index in [2.05, 4.69) is 29.3 Å². The number of rotatable bonds is 5. The number of hydrogen-bond donors (Lipinski definition) is 2. The minimum absolute atomic E-state index is 0.0508. The molecule has 2 fully saturated rings. The highest BCUT2D eigenvalue weighted by molar-refractivity contribution is 5.80. The Labute approximate surface area is 126 Å². The first kappa shape index (κ1) is 14.5. The molecule has 1 aromatic rings. The molecular weight excluding hydrogens is 264 g/mol. The first-order valence-corrected chi connectivity index (χ1v) is 7.89. The van der Waals surface area contributed by atoms with Crippen LogP contribution in [-0.2, 0) is 4.79 Å². The van der Waals surface area contributed by atoms with E-state index in [-0.39, 0.29) is 30.4 Å². The van der Waals surface area contributed by atoms with Crippen molar-refractivity contribution in [2.45, 2.75) is 31.8 Å². The summed E-state index contributed by atoms with van der Waals surface area (Å²) in [5.74, 6) is 0.0935. The number of likely N-dealkylation sites (tertiary alicyclic amines) is 1. The lowest BCUT2D eigenvalue weighted by molar-refractivity contribution is -0.126. The molecule has 1 saturated heterocycles. The molecule has 0 aromatic heterocycles. The Kier molecular flexibility index (Phi) is 4.27. The lowest BCUT2D eigenvalue weighted by Gasteiger charge is -2.24. The third-order valence-electron chi connectivity index (χ3n) is 4.79. The van der Waals surface area contributed by atoms with Crippen LogP contribution in [0.2, 0.25) is 0 Å². The summed E-state index contributed by atoms with van der Waals surface area (Å²) >= 11 is 0. The molecule has 1 amide bonds. The van der Waals surface area contributed by atoms with E-state index in [0.29, 0.717) is 6.04 Å². The number of nitrogens with one attached hydrogen (secondary N) is 1. The second-order valence-electron chi connectivity index (χ2n) is 6.37. The summed E-state index contributed by atoms with van der Waals surface area (Å²) in [7, 11) is 0. The molecule has 0 spiro atoms. The van der Waals surface area contributed by atoms with Crippen LogP contribution in [0.4, 0.5) is 0 Å². The first-order valence-electron chi connectivity index (χ1n) is 7.89. The quantitative estimate of drug-likeness (QED) is 0.864. The fourth-order valence-electron chi connectivity index (χ4n) is 3.18. The fourth-order valence-corrected chi connectivity index (χ4v) is 3.18. The molecule has 0 bridgehead atoms. The molecule has 2 N–H and O–H groups in total. The zero-order valence-electron chi connectivity index (χ0n) is 12.5. The third kappa shape index (κ3) is 3.27. The normalized spacial score (nSPS) is 27.5. The maximum atomic E-state index is 12.3. The number of nitrogens with zero attached hydrogens (tertiary/aromatic N) is 1. The van der Waals surface area contributed by atoms with Crippen molar-refractivity contribution < 1.29 is 9.90 Å². The van der Waals surface area contributed by atoms with Gasteiger partial charge in [0.1, 0.15) is 0 Å². The van der Waals surface area contributed by atoms with Crippen molar-refractivity contribution in [3.05, 3.63) is 35.9 Å². The lowest BCUT2D eigenvalue weighted by Crippen LogP contribution is -2.37. The molecular formula is C17H24N2O2. The maximum Gasteiger partial charge on any atom is 0.225 e. The third-order valence-corrected chi connectivity index (χ3v) is 4.79. The summed E-state index contributed by atoms with van der Waals surface area (Å²) in [6, 6.07) is 11.0. The van der Waals surface area contributed by atoms with Crippen LogP contribution in [0.15, 0.2) is 30.3 Å². The van der Waals surface area contributed by atoms with Gasteiger partial charge in [-0.15, -0.1) is 0 Å². The average Bonchev–Trinajstić information content (AvgIpc) is 3.22. The topological polar surface area (TPSA) is 52.6 Å². The van der Waals surface area contributed by atoms with Crippen molar-refractivity contribution in [2.75, 3.05) is 19.7 Å². The van der Waals surface area contributed by atoms with E-state index in [4.69, 9.17) is 0 Å². The number of aliphatic hydroxyl groups excluding tert-OH is 1. The Bertz CT molecular complexity index is 487. The van der Waals surface area contributed by atoms with E-state index < -0.39 is 0 Å². The molecule has 21 heavy (non-hydrogen) atoms. The van der Waals surface area contributed by atoms with Crippen molar-refractivity contribution in [3.8, 4) is 0 Å². The zero-order valence-corrected chi connectivity index (χ0v) is 12.5. The number of hydrogen-bond acceptors (Lipinski definition) is 3. The van der Waals surface area contributed by atoms with E-state index in [9.17, 15) is 9.90 Å². The molecule has 3 atom stereocenters. The minimum Gasteiger partial charge on any atom is -0.396 e. The van der Waals surface area contributed by atoms with Crippen LogP contribution in [0, 0.1) is 11.8 Å². The second-order valence-corrected chi connectivity index (χ2v) is 6.37. The Morgan fingerprint density at radius 3 is 2.67 bits per heavy atom. The van der Waals surface area contributed by atoms with Crippen LogP contribution >= 0.6 is 0 Å². The van der Waals surface area contributed by atoms with Crippen LogP contribution < -0.4 is 5.32 Å². The van der Waals surface area contributed by atoms with E-state index in [1.807, 2.05) is 18.2 Å². The highest BCUT2D eigenvalue weighted by Crippen LogP contribution is 2.31. The van der Waals surface area contributed by atoms with Crippen LogP contribution in [0.3, 0.4) is 0 Å². The van der Waals surface area contributed by atoms with E-state index >= 15 is 0 Å². The van der Waals surface area contributed by atoms with Gasteiger partial charge in [-0.25, -0.2) is 0 Å². The van der Waals surface area contributed by atoms with Crippen molar-refractivity contribution in [1.29, 1.82) is 0 Å². The molecule has 0 unspecified atom stereocenters. The standard InChI is InChI=1S/C17H24N2O2/c1-12(13-5-3-2-4-6-13)19-9-14(11-20)16(10-19)17(21)18-15-7-8-15/h2-6,12,14-16,20H,7-11H2,1H3,(H,18,21)/t12-,14-,16-/m0/s1. The van der Waals surface area contributed by atoms with Gasteiger partial charge in [0.15, 0.2) is 0 Å². The minimum atomic E-state index is -0.0817. The van der Waals surface area contributed by atoms with Gasteiger partial charge in [0.2, 0.25) is 5.91 Å². The van der Waals surface area contributed by atoms with Crippen molar-refractivity contribution in [3.63, 3.8) is 0 Å². The van der Waals surface area contributed by atoms with Gasteiger partial charge in [0, 0.05) is 37.7 Å². The number of amides is 1. The second kappa shape index (κ2) is 6.16. The monoisotopic (exact) mass is 288 g/mol. The molecule has 2 aliphatic rings. The molecule has 1 aliphatic heterocycles. The van der Waals surface area contributed by atoms with Crippen molar-refractivity contribution in [2.24, 2.45) is 11.8 Å². The molecule has 1 aromatic carbocycles. The first-order chi connectivity index (χ1) is 10.2. The predicted octanol–water partition coefficient (Wildman–Crippen LogP) is 1.57. The molecule has 4 heteroatoms. The average molecular weight is 288 g/mol. The Balaban J connectivity index is 1.66. The summed E-state index contributed by atoms with van der Waals surface area (Å²) in [5.41, 5.74) is 1.26. The van der Waals surface area contributed by atoms with Crippen LogP contribution in [-0.4, -0.2) is 41.7 Å². The molecule has 3 rings (SSSR count). The summed E-state index contributed by atoms with van der Waals surface area (Å²) < 4.78 is 0. The van der Waals surface area contributed by atoms with Gasteiger partial charge in [-0.1, -0.05) is 30.3 Å². The van der Waals surface area contributed by atoms with E-state index in [1.165, 1.54) is 5.56 Å². The van der Waals surface area contributed by atoms with Crippen LogP contribution in [0.5, 0.6) is 0 Å². The summed E-state index contributed by atoms with van der Waals surface area (Å²) in [5, 5.41) is 12.7. The summed E-state index contributed by atoms with van der Waals surface area (Å²) in [4.78, 5) is 14.6. The Morgan fingerprint density at radius 1 is 1.33 bits per heavy atom. The SMILES string of the molecule is C[C@@H](c1ccccc1)N1C[C@@H](CO)[C@@H](C(=O)NC2CC2)C1. The van der Waals surface area contributed by atoms with Gasteiger partial charge in [0.25, 0.3) is 0 Å². The van der Waals surface area contributed by atoms with Crippen molar-refractivity contribution in [1.82, 2.24) is 10.2 Å². The van der Waals surface area contributed by atoms with Crippen LogP contribution in [0.1, 0.15) is 31.4 Å². The lowest BCUT2D eigenvalue weighted by atomic mass is 9.96. The number of carbonyl (C=O) groups excluding carboxylic acids is 1. The maximum absolute atomic E-state index is 12.3. The highest BCUT2D eigenvalue weighted by Gasteiger charge is 2.40. The molecule has 114 valence electrons. The smallest absolute Gasteiger partial charge is 0.225 e. The van der Waals surface area contributed by atoms with E-state index in [0.717, 1.165) is 25.9 Å². The molecule has 1 aliphatic carbocycles. The number of aliphatic hydroxyl groups is 1.